The first-order valence-corrected chi connectivity index (χ1v) is 4.32. The summed E-state index contributed by atoms with van der Waals surface area (Å²) < 4.78 is 0.398. The normalized spacial score (nSPS) is 9.83. The topological polar surface area (TPSA) is 50.2 Å². The van der Waals surface area contributed by atoms with Crippen molar-refractivity contribution in [3.8, 4) is 0 Å². The van der Waals surface area contributed by atoms with E-state index < -0.39 is 5.97 Å². The fourth-order valence-corrected chi connectivity index (χ4v) is 1.54. The van der Waals surface area contributed by atoms with Crippen LogP contribution in [0.2, 0.25) is 0 Å². The van der Waals surface area contributed by atoms with Gasteiger partial charge in [0.25, 0.3) is 0 Å². The first-order valence-electron chi connectivity index (χ1n) is 3.53. The van der Waals surface area contributed by atoms with Crippen molar-refractivity contribution in [2.75, 3.05) is 0 Å². The van der Waals surface area contributed by atoms with Gasteiger partial charge in [-0.05, 0) is 34.0 Å². The molecule has 0 aliphatic heterocycles. The van der Waals surface area contributed by atoms with Gasteiger partial charge in [-0.3, -0.25) is 0 Å². The van der Waals surface area contributed by atoms with Crippen LogP contribution in [0, 0.1) is 0 Å². The zero-order valence-electron chi connectivity index (χ0n) is 6.54. The van der Waals surface area contributed by atoms with Crippen molar-refractivity contribution in [2.24, 2.45) is 0 Å². The second-order valence-electron chi connectivity index (χ2n) is 2.29. The highest BCUT2D eigenvalue weighted by molar-refractivity contribution is 9.10. The van der Waals surface area contributed by atoms with Crippen molar-refractivity contribution in [1.29, 1.82) is 0 Å². The molecule has 64 valence electrons. The maximum absolute atomic E-state index is 10.7. The number of rotatable bonds is 2. The Labute approximate surface area is 78.6 Å². The number of halogens is 1. The molecule has 0 saturated heterocycles. The predicted molar refractivity (Wildman–Crippen MR) is 48.3 cm³/mol. The minimum Gasteiger partial charge on any atom is -0.478 e. The third-order valence-electron chi connectivity index (χ3n) is 1.59. The number of nitrogens with zero attached hydrogens (tertiary/aromatic N) is 1. The van der Waals surface area contributed by atoms with Gasteiger partial charge in [-0.2, -0.15) is 0 Å². The van der Waals surface area contributed by atoms with Gasteiger partial charge in [-0.25, -0.2) is 9.78 Å². The van der Waals surface area contributed by atoms with E-state index in [2.05, 4.69) is 20.9 Å². The third kappa shape index (κ3) is 1.64. The van der Waals surface area contributed by atoms with Gasteiger partial charge in [0.15, 0.2) is 0 Å². The first-order chi connectivity index (χ1) is 5.66. The van der Waals surface area contributed by atoms with Crippen LogP contribution in [-0.2, 0) is 6.42 Å². The molecular weight excluding hydrogens is 222 g/mol. The fraction of sp³-hybridized carbons (Fsp3) is 0.250. The van der Waals surface area contributed by atoms with Gasteiger partial charge in [-0.1, -0.05) is 6.92 Å². The smallest absolute Gasteiger partial charge is 0.338 e. The number of aromatic nitrogens is 1. The average Bonchev–Trinajstić information content (AvgIpc) is 2.03. The van der Waals surface area contributed by atoms with Crippen molar-refractivity contribution in [3.05, 3.63) is 28.0 Å². The molecule has 1 aromatic heterocycles. The predicted octanol–water partition coefficient (Wildman–Crippen LogP) is 2.10. The third-order valence-corrected chi connectivity index (χ3v) is 2.19. The molecule has 0 bridgehead atoms. The molecule has 0 amide bonds. The summed E-state index contributed by atoms with van der Waals surface area (Å²) in [6.07, 6.45) is 2.29. The Morgan fingerprint density at radius 2 is 2.42 bits per heavy atom. The first kappa shape index (κ1) is 9.19. The van der Waals surface area contributed by atoms with E-state index in [1.807, 2.05) is 6.92 Å². The molecule has 0 unspecified atom stereocenters. The monoisotopic (exact) mass is 229 g/mol. The molecular formula is C8H8BrNO2. The lowest BCUT2D eigenvalue weighted by Gasteiger charge is -2.03. The van der Waals surface area contributed by atoms with E-state index in [4.69, 9.17) is 5.11 Å². The second-order valence-corrected chi connectivity index (χ2v) is 3.05. The highest BCUT2D eigenvalue weighted by atomic mass is 79.9. The molecule has 0 fully saturated rings. The van der Waals surface area contributed by atoms with Crippen LogP contribution in [-0.4, -0.2) is 16.1 Å². The van der Waals surface area contributed by atoms with Crippen LogP contribution in [0.1, 0.15) is 22.8 Å². The minimum atomic E-state index is -0.938. The highest BCUT2D eigenvalue weighted by Gasteiger charge is 2.12. The zero-order chi connectivity index (χ0) is 9.14. The number of hydrogen-bond acceptors (Lipinski definition) is 2. The number of hydrogen-bond donors (Lipinski definition) is 1. The molecule has 0 aliphatic carbocycles. The van der Waals surface area contributed by atoms with E-state index in [9.17, 15) is 4.79 Å². The van der Waals surface area contributed by atoms with Crippen molar-refractivity contribution < 1.29 is 9.90 Å². The Hall–Kier alpha value is -0.900. The standard InChI is InChI=1S/C8H8BrNO2/c1-2-5-3-4-10-7(9)6(5)8(11)12/h3-4H,2H2,1H3,(H,11,12). The molecule has 0 aromatic carbocycles. The average molecular weight is 230 g/mol. The molecule has 0 saturated carbocycles. The summed E-state index contributed by atoms with van der Waals surface area (Å²) in [4.78, 5) is 14.6. The molecule has 0 atom stereocenters. The summed E-state index contributed by atoms with van der Waals surface area (Å²) in [6, 6.07) is 1.72. The lowest BCUT2D eigenvalue weighted by atomic mass is 10.1. The maximum Gasteiger partial charge on any atom is 0.338 e. The van der Waals surface area contributed by atoms with Crippen LogP contribution in [0.5, 0.6) is 0 Å². The molecule has 1 rings (SSSR count). The molecule has 4 heteroatoms. The lowest BCUT2D eigenvalue weighted by molar-refractivity contribution is 0.0694. The van der Waals surface area contributed by atoms with Gasteiger partial charge in [0.2, 0.25) is 0 Å². The van der Waals surface area contributed by atoms with Crippen LogP contribution >= 0.6 is 15.9 Å². The van der Waals surface area contributed by atoms with E-state index in [0.717, 1.165) is 5.56 Å². The largest absolute Gasteiger partial charge is 0.478 e. The summed E-state index contributed by atoms with van der Waals surface area (Å²) in [5.41, 5.74) is 1.06. The van der Waals surface area contributed by atoms with Crippen molar-refractivity contribution >= 4 is 21.9 Å². The number of pyridine rings is 1. The maximum atomic E-state index is 10.7. The van der Waals surface area contributed by atoms with Gasteiger partial charge < -0.3 is 5.11 Å². The summed E-state index contributed by atoms with van der Waals surface area (Å²) in [7, 11) is 0. The summed E-state index contributed by atoms with van der Waals surface area (Å²) in [6.45, 7) is 1.91. The van der Waals surface area contributed by atoms with Gasteiger partial charge in [0.1, 0.15) is 4.60 Å². The molecule has 12 heavy (non-hydrogen) atoms. The van der Waals surface area contributed by atoms with Crippen LogP contribution in [0.4, 0.5) is 0 Å². The van der Waals surface area contributed by atoms with Crippen LogP contribution < -0.4 is 0 Å². The molecule has 0 spiro atoms. The summed E-state index contributed by atoms with van der Waals surface area (Å²) >= 11 is 3.10. The Morgan fingerprint density at radius 1 is 1.75 bits per heavy atom. The Morgan fingerprint density at radius 3 is 2.83 bits per heavy atom. The number of aryl methyl sites for hydroxylation is 1. The summed E-state index contributed by atoms with van der Waals surface area (Å²) in [5, 5.41) is 8.81. The van der Waals surface area contributed by atoms with E-state index in [0.29, 0.717) is 11.0 Å². The Kier molecular flexibility index (Phi) is 2.81. The quantitative estimate of drug-likeness (QED) is 0.791. The van der Waals surface area contributed by atoms with Gasteiger partial charge >= 0.3 is 5.97 Å². The Bertz CT molecular complexity index is 312. The van der Waals surface area contributed by atoms with Crippen molar-refractivity contribution in [3.63, 3.8) is 0 Å². The van der Waals surface area contributed by atoms with E-state index >= 15 is 0 Å². The van der Waals surface area contributed by atoms with E-state index in [-0.39, 0.29) is 5.56 Å². The minimum absolute atomic E-state index is 0.264. The van der Waals surface area contributed by atoms with E-state index in [1.54, 1.807) is 12.3 Å². The highest BCUT2D eigenvalue weighted by Crippen LogP contribution is 2.18. The zero-order valence-corrected chi connectivity index (χ0v) is 8.13. The van der Waals surface area contributed by atoms with E-state index in [1.165, 1.54) is 0 Å². The lowest BCUT2D eigenvalue weighted by Crippen LogP contribution is -2.04. The van der Waals surface area contributed by atoms with Crippen LogP contribution in [0.3, 0.4) is 0 Å². The van der Waals surface area contributed by atoms with Crippen molar-refractivity contribution in [2.45, 2.75) is 13.3 Å². The number of carboxylic acids is 1. The second kappa shape index (κ2) is 3.67. The van der Waals surface area contributed by atoms with Crippen LogP contribution in [0.15, 0.2) is 16.9 Å². The van der Waals surface area contributed by atoms with Gasteiger partial charge in [0, 0.05) is 6.20 Å². The Balaban J connectivity index is 3.29. The number of carboxylic acid groups (broad SMARTS) is 1. The number of aromatic carboxylic acids is 1. The fourth-order valence-electron chi connectivity index (χ4n) is 0.993. The SMILES string of the molecule is CCc1ccnc(Br)c1C(=O)O. The molecule has 1 aromatic rings. The molecule has 0 aliphatic rings. The summed E-state index contributed by atoms with van der Waals surface area (Å²) in [5.74, 6) is -0.938. The molecule has 1 N–H and O–H groups in total. The van der Waals surface area contributed by atoms with Crippen molar-refractivity contribution in [1.82, 2.24) is 4.98 Å². The van der Waals surface area contributed by atoms with Gasteiger partial charge in [0.05, 0.1) is 5.56 Å². The molecule has 0 radical (unpaired) electrons. The van der Waals surface area contributed by atoms with Gasteiger partial charge in [-0.15, -0.1) is 0 Å². The number of carbonyl (C=O) groups is 1. The molecule has 3 nitrogen and oxygen atoms in total. The van der Waals surface area contributed by atoms with Crippen LogP contribution in [0.25, 0.3) is 0 Å². The molecule has 1 heterocycles.